The molecule has 0 unspecified atom stereocenters. The number of aliphatic imine (C=N–C) groups is 1. The highest BCUT2D eigenvalue weighted by Gasteiger charge is 2.13. The molecule has 3 heterocycles. The van der Waals surface area contributed by atoms with Crippen LogP contribution in [0.3, 0.4) is 0 Å². The first kappa shape index (κ1) is 8.85. The molecule has 0 saturated carbocycles. The van der Waals surface area contributed by atoms with Crippen molar-refractivity contribution in [3.63, 3.8) is 0 Å². The number of aromatic nitrogens is 3. The first-order valence-electron chi connectivity index (χ1n) is 4.84. The summed E-state index contributed by atoms with van der Waals surface area (Å²) < 4.78 is 1.74. The predicted octanol–water partition coefficient (Wildman–Crippen LogP) is 2.12. The van der Waals surface area contributed by atoms with Crippen LogP contribution in [0.5, 0.6) is 0 Å². The third kappa shape index (κ3) is 1.33. The van der Waals surface area contributed by atoms with Gasteiger partial charge in [0.1, 0.15) is 5.69 Å². The molecule has 0 bridgehead atoms. The van der Waals surface area contributed by atoms with E-state index >= 15 is 0 Å². The standard InChI is InChI=1S/C10H9ClN4/c11-6-8-13-10-9-7(2-1-4-12-9)3-5-15(10)14-8/h3-5H,1-2,6H2. The number of fused-ring (bicyclic) bond motifs is 3. The minimum atomic E-state index is 0.333. The second kappa shape index (κ2) is 3.31. The van der Waals surface area contributed by atoms with Gasteiger partial charge in [0.25, 0.3) is 0 Å². The van der Waals surface area contributed by atoms with Crippen LogP contribution in [0, 0.1) is 0 Å². The van der Waals surface area contributed by atoms with Gasteiger partial charge >= 0.3 is 0 Å². The summed E-state index contributed by atoms with van der Waals surface area (Å²) in [4.78, 5) is 8.73. The summed E-state index contributed by atoms with van der Waals surface area (Å²) in [5.41, 5.74) is 2.98. The van der Waals surface area contributed by atoms with Gasteiger partial charge in [-0.05, 0) is 24.5 Å². The fourth-order valence-corrected chi connectivity index (χ4v) is 1.90. The number of aryl methyl sites for hydroxylation is 1. The lowest BCUT2D eigenvalue weighted by atomic mass is 10.1. The van der Waals surface area contributed by atoms with E-state index in [-0.39, 0.29) is 0 Å². The summed E-state index contributed by atoms with van der Waals surface area (Å²) in [7, 11) is 0. The number of alkyl halides is 1. The fraction of sp³-hybridized carbons (Fsp3) is 0.300. The minimum Gasteiger partial charge on any atom is -0.257 e. The van der Waals surface area contributed by atoms with E-state index in [4.69, 9.17) is 11.6 Å². The molecule has 5 heteroatoms. The highest BCUT2D eigenvalue weighted by molar-refractivity contribution is 6.16. The lowest BCUT2D eigenvalue weighted by Gasteiger charge is -2.08. The van der Waals surface area contributed by atoms with Crippen LogP contribution in [0.4, 0.5) is 5.69 Å². The number of nitrogens with zero attached hydrogens (tertiary/aromatic N) is 4. The maximum atomic E-state index is 5.70. The Balaban J connectivity index is 2.32. The average Bonchev–Trinajstić information content (AvgIpc) is 2.72. The van der Waals surface area contributed by atoms with Gasteiger partial charge in [0.05, 0.1) is 5.88 Å². The van der Waals surface area contributed by atoms with Gasteiger partial charge in [-0.1, -0.05) is 0 Å². The molecule has 0 atom stereocenters. The van der Waals surface area contributed by atoms with E-state index in [2.05, 4.69) is 15.1 Å². The quantitative estimate of drug-likeness (QED) is 0.691. The average molecular weight is 221 g/mol. The summed E-state index contributed by atoms with van der Waals surface area (Å²) in [5.74, 6) is 0.978. The lowest BCUT2D eigenvalue weighted by molar-refractivity contribution is 0.912. The number of hydrogen-bond donors (Lipinski definition) is 0. The number of halogens is 1. The summed E-state index contributed by atoms with van der Waals surface area (Å²) in [6, 6.07) is 2.05. The van der Waals surface area contributed by atoms with Crippen molar-refractivity contribution < 1.29 is 0 Å². The Hall–Kier alpha value is -1.42. The van der Waals surface area contributed by atoms with Crippen LogP contribution >= 0.6 is 11.6 Å². The zero-order valence-corrected chi connectivity index (χ0v) is 8.78. The number of hydrogen-bond acceptors (Lipinski definition) is 3. The molecule has 1 aliphatic heterocycles. The van der Waals surface area contributed by atoms with Crippen LogP contribution in [0.15, 0.2) is 17.3 Å². The van der Waals surface area contributed by atoms with Crippen LogP contribution in [-0.4, -0.2) is 20.8 Å². The van der Waals surface area contributed by atoms with Gasteiger partial charge < -0.3 is 0 Å². The van der Waals surface area contributed by atoms with Crippen molar-refractivity contribution in [3.05, 3.63) is 23.7 Å². The molecule has 0 N–H and O–H groups in total. The number of pyridine rings is 1. The molecule has 3 rings (SSSR count). The van der Waals surface area contributed by atoms with Gasteiger partial charge in [0.2, 0.25) is 0 Å². The van der Waals surface area contributed by atoms with Crippen LogP contribution in [0.2, 0.25) is 0 Å². The molecule has 2 aromatic heterocycles. The molecule has 76 valence electrons. The third-order valence-electron chi connectivity index (χ3n) is 2.49. The SMILES string of the molecule is ClCc1nc2c3c(ccn2n1)CCC=N3. The van der Waals surface area contributed by atoms with E-state index in [1.165, 1.54) is 5.56 Å². The molecule has 0 spiro atoms. The molecule has 0 saturated heterocycles. The van der Waals surface area contributed by atoms with Gasteiger partial charge in [-0.2, -0.15) is 0 Å². The van der Waals surface area contributed by atoms with Crippen molar-refractivity contribution in [2.24, 2.45) is 4.99 Å². The zero-order chi connectivity index (χ0) is 10.3. The molecule has 15 heavy (non-hydrogen) atoms. The van der Waals surface area contributed by atoms with Gasteiger partial charge in [-0.25, -0.2) is 9.50 Å². The summed E-state index contributed by atoms with van der Waals surface area (Å²) in [5, 5.41) is 4.24. The first-order chi connectivity index (χ1) is 7.38. The van der Waals surface area contributed by atoms with Crippen molar-refractivity contribution in [1.82, 2.24) is 14.6 Å². The predicted molar refractivity (Wildman–Crippen MR) is 59.0 cm³/mol. The smallest absolute Gasteiger partial charge is 0.181 e. The zero-order valence-electron chi connectivity index (χ0n) is 8.02. The molecule has 0 radical (unpaired) electrons. The summed E-state index contributed by atoms with van der Waals surface area (Å²) >= 11 is 5.70. The van der Waals surface area contributed by atoms with Crippen molar-refractivity contribution in [3.8, 4) is 0 Å². The summed E-state index contributed by atoms with van der Waals surface area (Å²) in [6.07, 6.45) is 5.87. The van der Waals surface area contributed by atoms with Crippen molar-refractivity contribution in [1.29, 1.82) is 0 Å². The Bertz CT molecular complexity index is 544. The molecule has 0 aliphatic carbocycles. The highest BCUT2D eigenvalue weighted by atomic mass is 35.5. The van der Waals surface area contributed by atoms with Crippen LogP contribution in [-0.2, 0) is 12.3 Å². The Morgan fingerprint density at radius 2 is 2.40 bits per heavy atom. The topological polar surface area (TPSA) is 42.5 Å². The van der Waals surface area contributed by atoms with Crippen molar-refractivity contribution >= 4 is 29.2 Å². The van der Waals surface area contributed by atoms with Crippen molar-refractivity contribution in [2.45, 2.75) is 18.7 Å². The monoisotopic (exact) mass is 220 g/mol. The Morgan fingerprint density at radius 1 is 1.47 bits per heavy atom. The first-order valence-corrected chi connectivity index (χ1v) is 5.37. The third-order valence-corrected chi connectivity index (χ3v) is 2.73. The van der Waals surface area contributed by atoms with Gasteiger partial charge in [0.15, 0.2) is 11.5 Å². The Morgan fingerprint density at radius 3 is 3.27 bits per heavy atom. The van der Waals surface area contributed by atoms with Gasteiger partial charge in [-0.3, -0.25) is 4.99 Å². The molecular formula is C10H9ClN4. The maximum Gasteiger partial charge on any atom is 0.181 e. The van der Waals surface area contributed by atoms with Crippen LogP contribution in [0.25, 0.3) is 5.65 Å². The van der Waals surface area contributed by atoms with E-state index in [9.17, 15) is 0 Å². The Kier molecular flexibility index (Phi) is 1.95. The van der Waals surface area contributed by atoms with E-state index in [0.29, 0.717) is 11.7 Å². The molecular weight excluding hydrogens is 212 g/mol. The molecule has 0 amide bonds. The largest absolute Gasteiger partial charge is 0.257 e. The van der Waals surface area contributed by atoms with Crippen molar-refractivity contribution in [2.75, 3.05) is 0 Å². The molecule has 0 fully saturated rings. The fourth-order valence-electron chi connectivity index (χ4n) is 1.79. The second-order valence-corrected chi connectivity index (χ2v) is 3.74. The maximum absolute atomic E-state index is 5.70. The molecule has 1 aliphatic rings. The lowest BCUT2D eigenvalue weighted by Crippen LogP contribution is -1.97. The van der Waals surface area contributed by atoms with Gasteiger partial charge in [0, 0.05) is 12.4 Å². The van der Waals surface area contributed by atoms with E-state index in [0.717, 1.165) is 24.2 Å². The van der Waals surface area contributed by atoms with Gasteiger partial charge in [-0.15, -0.1) is 16.7 Å². The van der Waals surface area contributed by atoms with E-state index < -0.39 is 0 Å². The number of rotatable bonds is 1. The normalized spacial score (nSPS) is 14.5. The highest BCUT2D eigenvalue weighted by Crippen LogP contribution is 2.27. The van der Waals surface area contributed by atoms with E-state index in [1.807, 2.05) is 18.5 Å². The minimum absolute atomic E-state index is 0.333. The van der Waals surface area contributed by atoms with Crippen LogP contribution < -0.4 is 0 Å². The van der Waals surface area contributed by atoms with Crippen LogP contribution in [0.1, 0.15) is 17.8 Å². The molecule has 2 aromatic rings. The summed E-state index contributed by atoms with van der Waals surface area (Å²) in [6.45, 7) is 0. The molecule has 0 aromatic carbocycles. The molecule has 4 nitrogen and oxygen atoms in total. The van der Waals surface area contributed by atoms with E-state index in [1.54, 1.807) is 4.52 Å². The second-order valence-electron chi connectivity index (χ2n) is 3.47. The Labute approximate surface area is 91.6 Å².